The van der Waals surface area contributed by atoms with Crippen molar-refractivity contribution in [2.24, 2.45) is 11.3 Å². The van der Waals surface area contributed by atoms with Gasteiger partial charge in [-0.25, -0.2) is 0 Å². The molecule has 0 aliphatic heterocycles. The Balaban J connectivity index is 2.66. The van der Waals surface area contributed by atoms with Gasteiger partial charge >= 0.3 is 0 Å². The van der Waals surface area contributed by atoms with Crippen LogP contribution in [0.15, 0.2) is 48.1 Å². The maximum Gasteiger partial charge on any atom is 0.220 e. The van der Waals surface area contributed by atoms with Crippen molar-refractivity contribution in [3.05, 3.63) is 48.1 Å². The summed E-state index contributed by atoms with van der Waals surface area (Å²) in [6, 6.07) is 0. The Bertz CT molecular complexity index is 785. The zero-order chi connectivity index (χ0) is 24.9. The number of hydrogen-bond donors (Lipinski definition) is 4. The number of rotatable bonds is 12. The Morgan fingerprint density at radius 2 is 2.00 bits per heavy atom. The van der Waals surface area contributed by atoms with Crippen LogP contribution in [0.1, 0.15) is 72.6 Å². The van der Waals surface area contributed by atoms with Gasteiger partial charge < -0.3 is 20.6 Å². The average Bonchev–Trinajstić information content (AvgIpc) is 2.97. The van der Waals surface area contributed by atoms with Crippen LogP contribution in [0.4, 0.5) is 0 Å². The fourth-order valence-corrected chi connectivity index (χ4v) is 4.09. The van der Waals surface area contributed by atoms with Gasteiger partial charge in [0.15, 0.2) is 0 Å². The molecule has 5 heteroatoms. The number of aliphatic hydroxyl groups excluding tert-OH is 3. The third kappa shape index (κ3) is 10.1. The highest BCUT2D eigenvalue weighted by molar-refractivity contribution is 5.75. The lowest BCUT2D eigenvalue weighted by molar-refractivity contribution is -0.121. The van der Waals surface area contributed by atoms with Crippen LogP contribution in [0.5, 0.6) is 0 Å². The van der Waals surface area contributed by atoms with Crippen LogP contribution in [-0.4, -0.2) is 46.1 Å². The smallest absolute Gasteiger partial charge is 0.220 e. The maximum absolute atomic E-state index is 11.5. The first kappa shape index (κ1) is 28.9. The van der Waals surface area contributed by atoms with E-state index in [4.69, 9.17) is 0 Å². The van der Waals surface area contributed by atoms with E-state index in [2.05, 4.69) is 23.7 Å². The molecular formula is C28H43NO4. The molecule has 0 aromatic carbocycles. The Hall–Kier alpha value is -2.13. The van der Waals surface area contributed by atoms with Gasteiger partial charge in [0.2, 0.25) is 5.91 Å². The molecule has 1 fully saturated rings. The summed E-state index contributed by atoms with van der Waals surface area (Å²) in [5.74, 6) is 6.00. The lowest BCUT2D eigenvalue weighted by Gasteiger charge is -2.31. The molecule has 1 saturated carbocycles. The van der Waals surface area contributed by atoms with E-state index in [1.807, 2.05) is 52.0 Å². The van der Waals surface area contributed by atoms with Crippen molar-refractivity contribution in [3.8, 4) is 11.8 Å². The number of aliphatic hydroxyl groups is 3. The van der Waals surface area contributed by atoms with Crippen LogP contribution in [0, 0.1) is 23.2 Å². The van der Waals surface area contributed by atoms with E-state index in [1.165, 1.54) is 0 Å². The van der Waals surface area contributed by atoms with E-state index < -0.39 is 23.7 Å². The second kappa shape index (κ2) is 14.9. The number of hydrogen-bond acceptors (Lipinski definition) is 4. The zero-order valence-corrected chi connectivity index (χ0v) is 20.8. The third-order valence-electron chi connectivity index (χ3n) is 6.30. The van der Waals surface area contributed by atoms with E-state index in [9.17, 15) is 20.1 Å². The van der Waals surface area contributed by atoms with Crippen molar-refractivity contribution in [2.75, 3.05) is 6.54 Å². The van der Waals surface area contributed by atoms with E-state index >= 15 is 0 Å². The van der Waals surface area contributed by atoms with Crippen LogP contribution in [0.3, 0.4) is 0 Å². The predicted octanol–water partition coefficient (Wildman–Crippen LogP) is 4.21. The van der Waals surface area contributed by atoms with Crippen molar-refractivity contribution in [3.63, 3.8) is 0 Å². The summed E-state index contributed by atoms with van der Waals surface area (Å²) in [4.78, 5) is 11.5. The van der Waals surface area contributed by atoms with Gasteiger partial charge in [-0.15, -0.1) is 11.8 Å². The zero-order valence-electron chi connectivity index (χ0n) is 20.8. The number of allylic oxidation sites excluding steroid dienone is 5. The Labute approximate surface area is 200 Å². The largest absolute Gasteiger partial charge is 0.392 e. The highest BCUT2D eigenvalue weighted by Crippen LogP contribution is 2.46. The van der Waals surface area contributed by atoms with Gasteiger partial charge in [0.25, 0.3) is 0 Å². The predicted molar refractivity (Wildman–Crippen MR) is 135 cm³/mol. The topological polar surface area (TPSA) is 89.8 Å². The minimum absolute atomic E-state index is 0.0396. The van der Waals surface area contributed by atoms with Crippen molar-refractivity contribution in [2.45, 2.75) is 91.0 Å². The molecule has 1 amide bonds. The van der Waals surface area contributed by atoms with Crippen LogP contribution in [0.2, 0.25) is 0 Å². The van der Waals surface area contributed by atoms with Crippen molar-refractivity contribution in [1.82, 2.24) is 5.32 Å². The van der Waals surface area contributed by atoms with Crippen LogP contribution in [-0.2, 0) is 4.79 Å². The summed E-state index contributed by atoms with van der Waals surface area (Å²) in [6.07, 6.45) is 11.5. The molecule has 0 aromatic heterocycles. The molecule has 0 aromatic rings. The molecule has 0 saturated heterocycles. The Morgan fingerprint density at radius 1 is 1.27 bits per heavy atom. The second-order valence-corrected chi connectivity index (χ2v) is 9.22. The minimum atomic E-state index is -0.669. The Kier molecular flexibility index (Phi) is 13.1. The van der Waals surface area contributed by atoms with Crippen molar-refractivity contribution >= 4 is 5.91 Å². The number of carbonyl (C=O) groups excluding carboxylic acids is 1. The van der Waals surface area contributed by atoms with Gasteiger partial charge in [-0.05, 0) is 40.0 Å². The third-order valence-corrected chi connectivity index (χ3v) is 6.30. The number of amides is 1. The first-order chi connectivity index (χ1) is 15.6. The molecule has 184 valence electrons. The summed E-state index contributed by atoms with van der Waals surface area (Å²) in [5.41, 5.74) is 1.53. The number of carbonyl (C=O) groups is 1. The van der Waals surface area contributed by atoms with Crippen LogP contribution >= 0.6 is 0 Å². The van der Waals surface area contributed by atoms with Crippen molar-refractivity contribution in [1.29, 1.82) is 0 Å². The first-order valence-electron chi connectivity index (χ1n) is 12.1. The summed E-state index contributed by atoms with van der Waals surface area (Å²) in [7, 11) is 0. The molecule has 1 aliphatic carbocycles. The summed E-state index contributed by atoms with van der Waals surface area (Å²) in [6.45, 7) is 12.2. The summed E-state index contributed by atoms with van der Waals surface area (Å²) < 4.78 is 0. The van der Waals surface area contributed by atoms with Gasteiger partial charge in [0.1, 0.15) is 0 Å². The number of unbranched alkanes of at least 4 members (excludes halogenated alkanes) is 1. The van der Waals surface area contributed by atoms with Gasteiger partial charge in [-0.1, -0.05) is 55.0 Å². The fraction of sp³-hybridized carbons (Fsp3) is 0.607. The second-order valence-electron chi connectivity index (χ2n) is 9.22. The number of nitrogens with one attached hydrogen (secondary N) is 1. The SMILES string of the molecule is C=C(C)C=CC(=CC)CCC(O)C=CC1C(O)CC(O)C1(C)CC#CCCCC(=O)NCC. The molecule has 5 unspecified atom stereocenters. The van der Waals surface area contributed by atoms with Crippen LogP contribution in [0.25, 0.3) is 0 Å². The van der Waals surface area contributed by atoms with E-state index in [0.29, 0.717) is 45.1 Å². The minimum Gasteiger partial charge on any atom is -0.392 e. The molecule has 5 nitrogen and oxygen atoms in total. The quantitative estimate of drug-likeness (QED) is 0.153. The molecule has 1 rings (SSSR count). The molecule has 5 atom stereocenters. The fourth-order valence-electron chi connectivity index (χ4n) is 4.09. The maximum atomic E-state index is 11.5. The molecule has 0 radical (unpaired) electrons. The summed E-state index contributed by atoms with van der Waals surface area (Å²) in [5, 5.41) is 34.3. The molecule has 0 spiro atoms. The Morgan fingerprint density at radius 3 is 2.64 bits per heavy atom. The van der Waals surface area contributed by atoms with Gasteiger partial charge in [0.05, 0.1) is 18.3 Å². The monoisotopic (exact) mass is 457 g/mol. The molecule has 33 heavy (non-hydrogen) atoms. The van der Waals surface area contributed by atoms with E-state index in [-0.39, 0.29) is 11.8 Å². The molecular weight excluding hydrogens is 414 g/mol. The average molecular weight is 458 g/mol. The van der Waals surface area contributed by atoms with Gasteiger partial charge in [-0.3, -0.25) is 4.79 Å². The van der Waals surface area contributed by atoms with Gasteiger partial charge in [-0.2, -0.15) is 0 Å². The van der Waals surface area contributed by atoms with Crippen molar-refractivity contribution < 1.29 is 20.1 Å². The molecule has 4 N–H and O–H groups in total. The first-order valence-corrected chi connectivity index (χ1v) is 12.1. The highest BCUT2D eigenvalue weighted by Gasteiger charge is 2.49. The van der Waals surface area contributed by atoms with Gasteiger partial charge in [0, 0.05) is 43.6 Å². The lowest BCUT2D eigenvalue weighted by atomic mass is 9.75. The molecule has 1 aliphatic rings. The summed E-state index contributed by atoms with van der Waals surface area (Å²) >= 11 is 0. The van der Waals surface area contributed by atoms with E-state index in [0.717, 1.165) is 17.6 Å². The van der Waals surface area contributed by atoms with E-state index in [1.54, 1.807) is 6.08 Å². The highest BCUT2D eigenvalue weighted by atomic mass is 16.3. The molecule has 0 bridgehead atoms. The lowest BCUT2D eigenvalue weighted by Crippen LogP contribution is -2.33. The normalized spacial score (nSPS) is 26.4. The standard InChI is InChI=1S/C28H43NO4/c1-6-22(14-13-21(3)4)15-16-23(30)17-18-24-25(31)20-26(32)28(24,5)19-11-9-8-10-12-27(33)29-7-2/h6,13-14,17-18,23-26,30-32H,3,7-8,10,12,15-16,19-20H2,1-2,4-5H3,(H,29,33). The van der Waals surface area contributed by atoms with Crippen LogP contribution < -0.4 is 5.32 Å². The molecule has 0 heterocycles.